The maximum atomic E-state index is 11.7. The second kappa shape index (κ2) is 6.73. The van der Waals surface area contributed by atoms with Crippen molar-refractivity contribution in [3.05, 3.63) is 0 Å². The summed E-state index contributed by atoms with van der Waals surface area (Å²) < 4.78 is 0. The van der Waals surface area contributed by atoms with Gasteiger partial charge >= 0.3 is 5.97 Å². The molecule has 0 aromatic heterocycles. The molecule has 18 heavy (non-hydrogen) atoms. The van der Waals surface area contributed by atoms with E-state index in [9.17, 15) is 9.59 Å². The van der Waals surface area contributed by atoms with Gasteiger partial charge in [0.25, 0.3) is 0 Å². The summed E-state index contributed by atoms with van der Waals surface area (Å²) in [6.07, 6.45) is 3.59. The lowest BCUT2D eigenvalue weighted by Crippen LogP contribution is -2.46. The molecule has 1 rings (SSSR count). The Kier molecular flexibility index (Phi) is 5.59. The number of hydrogen-bond donors (Lipinski definition) is 3. The highest BCUT2D eigenvalue weighted by atomic mass is 16.4. The lowest BCUT2D eigenvalue weighted by atomic mass is 9.79. The number of carbonyl (C=O) groups is 2. The Balaban J connectivity index is 2.45. The van der Waals surface area contributed by atoms with Gasteiger partial charge in [0.1, 0.15) is 0 Å². The highest BCUT2D eigenvalue weighted by molar-refractivity contribution is 5.81. The van der Waals surface area contributed by atoms with Crippen LogP contribution in [0.3, 0.4) is 0 Å². The maximum Gasteiger partial charge on any atom is 0.306 e. The minimum Gasteiger partial charge on any atom is -0.481 e. The highest BCUT2D eigenvalue weighted by Gasteiger charge is 2.31. The van der Waals surface area contributed by atoms with E-state index in [2.05, 4.69) is 5.32 Å². The van der Waals surface area contributed by atoms with Crippen molar-refractivity contribution in [3.63, 3.8) is 0 Å². The van der Waals surface area contributed by atoms with E-state index in [1.54, 1.807) is 0 Å². The summed E-state index contributed by atoms with van der Waals surface area (Å²) in [5.41, 5.74) is 5.74. The molecule has 1 aliphatic carbocycles. The molecule has 0 aromatic rings. The Morgan fingerprint density at radius 1 is 1.33 bits per heavy atom. The first-order valence-electron chi connectivity index (χ1n) is 6.69. The second-order valence-corrected chi connectivity index (χ2v) is 5.50. The number of carboxylic acid groups (broad SMARTS) is 1. The first-order chi connectivity index (χ1) is 8.43. The zero-order valence-electron chi connectivity index (χ0n) is 11.2. The predicted octanol–water partition coefficient (Wildman–Crippen LogP) is 0.977. The normalized spacial score (nSPS) is 25.8. The third-order valence-corrected chi connectivity index (χ3v) is 3.79. The minimum atomic E-state index is -0.748. The molecule has 1 fully saturated rings. The van der Waals surface area contributed by atoms with E-state index in [4.69, 9.17) is 10.8 Å². The third kappa shape index (κ3) is 3.98. The molecule has 5 nitrogen and oxygen atoms in total. The molecule has 1 aliphatic rings. The Bertz CT molecular complexity index is 305. The fourth-order valence-electron chi connectivity index (χ4n) is 2.43. The number of amides is 1. The van der Waals surface area contributed by atoms with Crippen LogP contribution in [-0.2, 0) is 9.59 Å². The lowest BCUT2D eigenvalue weighted by Gasteiger charge is -2.29. The van der Waals surface area contributed by atoms with Crippen LogP contribution >= 0.6 is 0 Å². The van der Waals surface area contributed by atoms with E-state index in [1.165, 1.54) is 0 Å². The molecule has 5 heteroatoms. The number of aliphatic carboxylic acids is 1. The van der Waals surface area contributed by atoms with Crippen LogP contribution in [0.2, 0.25) is 0 Å². The molecule has 1 saturated carbocycles. The van der Waals surface area contributed by atoms with Gasteiger partial charge in [-0.1, -0.05) is 26.7 Å². The van der Waals surface area contributed by atoms with Crippen LogP contribution in [-0.4, -0.2) is 29.6 Å². The zero-order chi connectivity index (χ0) is 13.7. The topological polar surface area (TPSA) is 92.4 Å². The van der Waals surface area contributed by atoms with Gasteiger partial charge in [0.05, 0.1) is 12.0 Å². The third-order valence-electron chi connectivity index (χ3n) is 3.79. The summed E-state index contributed by atoms with van der Waals surface area (Å²) in [4.78, 5) is 22.8. The largest absolute Gasteiger partial charge is 0.481 e. The van der Waals surface area contributed by atoms with Gasteiger partial charge in [0, 0.05) is 6.54 Å². The second-order valence-electron chi connectivity index (χ2n) is 5.50. The van der Waals surface area contributed by atoms with Gasteiger partial charge in [-0.25, -0.2) is 0 Å². The number of hydrogen-bond acceptors (Lipinski definition) is 3. The molecule has 0 radical (unpaired) electrons. The van der Waals surface area contributed by atoms with Crippen LogP contribution in [0, 0.1) is 17.8 Å². The lowest BCUT2D eigenvalue weighted by molar-refractivity contribution is -0.145. The maximum absolute atomic E-state index is 11.7. The smallest absolute Gasteiger partial charge is 0.306 e. The molecule has 0 saturated heterocycles. The summed E-state index contributed by atoms with van der Waals surface area (Å²) in [5, 5.41) is 11.9. The van der Waals surface area contributed by atoms with Crippen molar-refractivity contribution in [1.29, 1.82) is 0 Å². The van der Waals surface area contributed by atoms with Gasteiger partial charge in [-0.05, 0) is 24.7 Å². The van der Waals surface area contributed by atoms with E-state index in [0.717, 1.165) is 19.3 Å². The van der Waals surface area contributed by atoms with Crippen molar-refractivity contribution in [3.8, 4) is 0 Å². The van der Waals surface area contributed by atoms with Gasteiger partial charge in [-0.2, -0.15) is 0 Å². The molecular formula is C13H24N2O3. The highest BCUT2D eigenvalue weighted by Crippen LogP contribution is 2.29. The average Bonchev–Trinajstić information content (AvgIpc) is 2.35. The quantitative estimate of drug-likeness (QED) is 0.683. The van der Waals surface area contributed by atoms with E-state index in [-0.39, 0.29) is 23.7 Å². The molecule has 0 heterocycles. The summed E-state index contributed by atoms with van der Waals surface area (Å²) in [6.45, 7) is 4.21. The van der Waals surface area contributed by atoms with Crippen LogP contribution in [0.5, 0.6) is 0 Å². The Morgan fingerprint density at radius 3 is 2.50 bits per heavy atom. The molecule has 2 unspecified atom stereocenters. The molecule has 1 amide bonds. The van der Waals surface area contributed by atoms with Crippen LogP contribution < -0.4 is 11.1 Å². The fraction of sp³-hybridized carbons (Fsp3) is 0.846. The molecule has 104 valence electrons. The van der Waals surface area contributed by atoms with E-state index in [1.807, 2.05) is 13.8 Å². The van der Waals surface area contributed by atoms with E-state index < -0.39 is 12.0 Å². The van der Waals surface area contributed by atoms with Crippen molar-refractivity contribution in [2.24, 2.45) is 23.5 Å². The van der Waals surface area contributed by atoms with Crippen molar-refractivity contribution < 1.29 is 14.7 Å². The zero-order valence-corrected chi connectivity index (χ0v) is 11.2. The van der Waals surface area contributed by atoms with Crippen LogP contribution in [0.1, 0.15) is 39.5 Å². The van der Waals surface area contributed by atoms with Crippen molar-refractivity contribution >= 4 is 11.9 Å². The first-order valence-corrected chi connectivity index (χ1v) is 6.69. The minimum absolute atomic E-state index is 0.0413. The molecule has 0 bridgehead atoms. The Morgan fingerprint density at radius 2 is 1.94 bits per heavy atom. The summed E-state index contributed by atoms with van der Waals surface area (Å²) in [5.74, 6) is -1.12. The van der Waals surface area contributed by atoms with Crippen LogP contribution in [0.15, 0.2) is 0 Å². The number of nitrogens with one attached hydrogen (secondary N) is 1. The van der Waals surface area contributed by atoms with Gasteiger partial charge in [0.2, 0.25) is 5.91 Å². The Labute approximate surface area is 108 Å². The molecule has 0 aromatic carbocycles. The number of nitrogens with two attached hydrogens (primary N) is 1. The van der Waals surface area contributed by atoms with Gasteiger partial charge in [-0.3, -0.25) is 9.59 Å². The van der Waals surface area contributed by atoms with Gasteiger partial charge in [0.15, 0.2) is 0 Å². The van der Waals surface area contributed by atoms with E-state index in [0.29, 0.717) is 13.0 Å². The summed E-state index contributed by atoms with van der Waals surface area (Å²) >= 11 is 0. The summed E-state index contributed by atoms with van der Waals surface area (Å²) in [7, 11) is 0. The molecular weight excluding hydrogens is 232 g/mol. The fourth-order valence-corrected chi connectivity index (χ4v) is 2.43. The number of carbonyl (C=O) groups excluding carboxylic acids is 1. The van der Waals surface area contributed by atoms with Crippen molar-refractivity contribution in [1.82, 2.24) is 5.32 Å². The average molecular weight is 256 g/mol. The van der Waals surface area contributed by atoms with Gasteiger partial charge in [-0.15, -0.1) is 0 Å². The van der Waals surface area contributed by atoms with Crippen LogP contribution in [0.25, 0.3) is 0 Å². The van der Waals surface area contributed by atoms with Crippen molar-refractivity contribution in [2.75, 3.05) is 6.54 Å². The SMILES string of the molecule is CC(C)[C@@H](N)C(=O)NCC1CCCCC1C(=O)O. The Hall–Kier alpha value is -1.10. The van der Waals surface area contributed by atoms with Crippen molar-refractivity contribution in [2.45, 2.75) is 45.6 Å². The summed E-state index contributed by atoms with van der Waals surface area (Å²) in [6, 6.07) is -0.517. The molecule has 0 spiro atoms. The first kappa shape index (κ1) is 15.0. The number of carboxylic acids is 1. The number of rotatable bonds is 5. The molecule has 4 N–H and O–H groups in total. The van der Waals surface area contributed by atoms with Gasteiger partial charge < -0.3 is 16.2 Å². The van der Waals surface area contributed by atoms with E-state index >= 15 is 0 Å². The standard InChI is InChI=1S/C13H24N2O3/c1-8(2)11(14)12(16)15-7-9-5-3-4-6-10(9)13(17)18/h8-11H,3-7,14H2,1-2H3,(H,15,16)(H,17,18)/t9?,10?,11-/m1/s1. The molecule has 0 aliphatic heterocycles. The predicted molar refractivity (Wildman–Crippen MR) is 68.9 cm³/mol. The van der Waals surface area contributed by atoms with Crippen LogP contribution in [0.4, 0.5) is 0 Å². The monoisotopic (exact) mass is 256 g/mol. The molecule has 3 atom stereocenters.